The summed E-state index contributed by atoms with van der Waals surface area (Å²) >= 11 is 0. The van der Waals surface area contributed by atoms with Gasteiger partial charge in [0.25, 0.3) is 0 Å². The molecule has 5 rings (SSSR count). The van der Waals surface area contributed by atoms with Crippen molar-refractivity contribution < 1.29 is 14.6 Å². The number of carbonyl (C=O) groups is 1. The maximum absolute atomic E-state index is 12.9. The minimum absolute atomic E-state index is 0.0792. The van der Waals surface area contributed by atoms with Crippen molar-refractivity contribution in [2.24, 2.45) is 7.05 Å². The molecule has 6 heteroatoms. The fourth-order valence-corrected chi connectivity index (χ4v) is 5.18. The molecule has 0 aliphatic carbocycles. The van der Waals surface area contributed by atoms with Crippen LogP contribution in [0.4, 0.5) is 5.69 Å². The van der Waals surface area contributed by atoms with Gasteiger partial charge in [-0.1, -0.05) is 42.5 Å². The Morgan fingerprint density at radius 3 is 2.37 bits per heavy atom. The topological polar surface area (TPSA) is 67.6 Å². The molecule has 2 heterocycles. The van der Waals surface area contributed by atoms with E-state index < -0.39 is 5.60 Å². The average Bonchev–Trinajstić information content (AvgIpc) is 3.32. The molecular formula is C29H29N3O3. The van der Waals surface area contributed by atoms with Gasteiger partial charge in [-0.3, -0.25) is 4.79 Å². The van der Waals surface area contributed by atoms with Crippen LogP contribution in [0.5, 0.6) is 5.75 Å². The number of amides is 1. The maximum Gasteiger partial charge on any atom is 0.227 e. The molecule has 1 aliphatic rings. The molecule has 2 unspecified atom stereocenters. The van der Waals surface area contributed by atoms with E-state index in [1.807, 2.05) is 73.3 Å². The van der Waals surface area contributed by atoms with Gasteiger partial charge in [0.2, 0.25) is 5.91 Å². The number of imidazole rings is 1. The first kappa shape index (κ1) is 22.9. The van der Waals surface area contributed by atoms with E-state index in [4.69, 9.17) is 4.74 Å². The van der Waals surface area contributed by atoms with Gasteiger partial charge in [-0.25, -0.2) is 4.98 Å². The number of fused-ring (bicyclic) bond motifs is 1. The predicted molar refractivity (Wildman–Crippen MR) is 136 cm³/mol. The van der Waals surface area contributed by atoms with E-state index in [1.54, 1.807) is 24.5 Å². The molecule has 0 bridgehead atoms. The van der Waals surface area contributed by atoms with E-state index in [0.717, 1.165) is 22.4 Å². The van der Waals surface area contributed by atoms with E-state index in [1.165, 1.54) is 0 Å². The number of aryl methyl sites for hydroxylation is 2. The van der Waals surface area contributed by atoms with Gasteiger partial charge in [0.1, 0.15) is 5.75 Å². The summed E-state index contributed by atoms with van der Waals surface area (Å²) < 4.78 is 7.17. The van der Waals surface area contributed by atoms with E-state index in [9.17, 15) is 9.90 Å². The largest absolute Gasteiger partial charge is 0.497 e. The number of benzene rings is 3. The molecule has 4 aromatic rings. The van der Waals surface area contributed by atoms with Crippen LogP contribution in [0.25, 0.3) is 0 Å². The first-order valence-electron chi connectivity index (χ1n) is 11.6. The van der Waals surface area contributed by atoms with Crippen molar-refractivity contribution in [1.29, 1.82) is 0 Å². The van der Waals surface area contributed by atoms with E-state index in [-0.39, 0.29) is 11.8 Å². The number of nitrogens with zero attached hydrogens (tertiary/aromatic N) is 3. The molecule has 2 atom stereocenters. The first-order valence-corrected chi connectivity index (χ1v) is 11.6. The minimum atomic E-state index is -1.46. The fourth-order valence-electron chi connectivity index (χ4n) is 5.18. The molecule has 6 nitrogen and oxygen atoms in total. The molecule has 35 heavy (non-hydrogen) atoms. The van der Waals surface area contributed by atoms with Crippen LogP contribution < -0.4 is 9.64 Å². The lowest BCUT2D eigenvalue weighted by molar-refractivity contribution is -0.118. The summed E-state index contributed by atoms with van der Waals surface area (Å²) in [6.07, 6.45) is 3.76. The standard InChI is InChI=1S/C29H29N3O3/c1-19-7-5-6-8-23(19)24-16-28(33)32(3)26-14-11-21(15-25(24)26)29(34,27-17-30-18-31(27)2)20-9-12-22(35-4)13-10-20/h5-15,17-18,24,34H,16H2,1-4H3. The van der Waals surface area contributed by atoms with Gasteiger partial charge < -0.3 is 19.3 Å². The predicted octanol–water partition coefficient (Wildman–Crippen LogP) is 4.52. The van der Waals surface area contributed by atoms with E-state index >= 15 is 0 Å². The number of ether oxygens (including phenoxy) is 1. The first-order chi connectivity index (χ1) is 16.8. The summed E-state index contributed by atoms with van der Waals surface area (Å²) in [5.74, 6) is 0.698. The molecule has 1 aliphatic heterocycles. The Morgan fingerprint density at radius 1 is 1.00 bits per heavy atom. The quantitative estimate of drug-likeness (QED) is 0.469. The van der Waals surface area contributed by atoms with Crippen LogP contribution in [0.2, 0.25) is 0 Å². The van der Waals surface area contributed by atoms with E-state index in [0.29, 0.717) is 29.0 Å². The Kier molecular flexibility index (Phi) is 5.69. The summed E-state index contributed by atoms with van der Waals surface area (Å²) in [5.41, 5.74) is 4.76. The van der Waals surface area contributed by atoms with Gasteiger partial charge in [0.15, 0.2) is 5.60 Å². The van der Waals surface area contributed by atoms with Crippen molar-refractivity contribution in [3.8, 4) is 5.75 Å². The molecule has 1 amide bonds. The number of aliphatic hydroxyl groups is 1. The van der Waals surface area contributed by atoms with Crippen molar-refractivity contribution in [3.63, 3.8) is 0 Å². The summed E-state index contributed by atoms with van der Waals surface area (Å²) in [4.78, 5) is 18.9. The third-order valence-corrected chi connectivity index (χ3v) is 7.19. The summed E-state index contributed by atoms with van der Waals surface area (Å²) in [5, 5.41) is 12.4. The third-order valence-electron chi connectivity index (χ3n) is 7.19. The van der Waals surface area contributed by atoms with Crippen LogP contribution in [0.15, 0.2) is 79.3 Å². The van der Waals surface area contributed by atoms with Crippen molar-refractivity contribution in [1.82, 2.24) is 9.55 Å². The van der Waals surface area contributed by atoms with Gasteiger partial charge in [0.05, 0.1) is 25.3 Å². The van der Waals surface area contributed by atoms with Crippen LogP contribution in [0.3, 0.4) is 0 Å². The molecule has 1 aromatic heterocycles. The second-order valence-corrected chi connectivity index (χ2v) is 9.17. The number of hydrogen-bond donors (Lipinski definition) is 1. The fraction of sp³-hybridized carbons (Fsp3) is 0.241. The Balaban J connectivity index is 1.73. The average molecular weight is 468 g/mol. The molecule has 0 saturated heterocycles. The summed E-state index contributed by atoms with van der Waals surface area (Å²) in [6.45, 7) is 2.07. The van der Waals surface area contributed by atoms with Crippen molar-refractivity contribution in [2.75, 3.05) is 19.1 Å². The van der Waals surface area contributed by atoms with Gasteiger partial charge in [0, 0.05) is 32.1 Å². The highest BCUT2D eigenvalue weighted by atomic mass is 16.5. The number of hydrogen-bond acceptors (Lipinski definition) is 4. The molecule has 0 radical (unpaired) electrons. The zero-order chi connectivity index (χ0) is 24.7. The normalized spacial score (nSPS) is 17.1. The lowest BCUT2D eigenvalue weighted by Gasteiger charge is -2.35. The smallest absolute Gasteiger partial charge is 0.227 e. The van der Waals surface area contributed by atoms with Crippen LogP contribution in [0, 0.1) is 6.92 Å². The molecule has 178 valence electrons. The molecule has 0 saturated carbocycles. The summed E-state index contributed by atoms with van der Waals surface area (Å²) in [7, 11) is 5.30. The van der Waals surface area contributed by atoms with Crippen LogP contribution >= 0.6 is 0 Å². The second-order valence-electron chi connectivity index (χ2n) is 9.17. The maximum atomic E-state index is 12.9. The Labute approximate surface area is 205 Å². The lowest BCUT2D eigenvalue weighted by atomic mass is 9.77. The number of rotatable bonds is 5. The van der Waals surface area contributed by atoms with Crippen LogP contribution in [-0.4, -0.2) is 34.7 Å². The molecule has 0 fully saturated rings. The summed E-state index contributed by atoms with van der Waals surface area (Å²) in [6, 6.07) is 21.5. The number of anilines is 1. The second kappa shape index (κ2) is 8.71. The molecule has 0 spiro atoms. The highest BCUT2D eigenvalue weighted by Crippen LogP contribution is 2.44. The van der Waals surface area contributed by atoms with Crippen molar-refractivity contribution in [3.05, 3.63) is 113 Å². The van der Waals surface area contributed by atoms with E-state index in [2.05, 4.69) is 24.0 Å². The SMILES string of the molecule is COc1ccc(C(O)(c2ccc3c(c2)C(c2ccccc2C)CC(=O)N3C)c2cncn2C)cc1. The zero-order valence-electron chi connectivity index (χ0n) is 20.4. The van der Waals surface area contributed by atoms with Crippen LogP contribution in [-0.2, 0) is 17.4 Å². The highest BCUT2D eigenvalue weighted by Gasteiger charge is 2.39. The third kappa shape index (κ3) is 3.70. The lowest BCUT2D eigenvalue weighted by Crippen LogP contribution is -2.35. The number of methoxy groups -OCH3 is 1. The molecular weight excluding hydrogens is 438 g/mol. The van der Waals surface area contributed by atoms with Crippen molar-refractivity contribution >= 4 is 11.6 Å². The van der Waals surface area contributed by atoms with Gasteiger partial charge in [-0.05, 0) is 59.0 Å². The van der Waals surface area contributed by atoms with Gasteiger partial charge in [-0.2, -0.15) is 0 Å². The Hall–Kier alpha value is -3.90. The van der Waals surface area contributed by atoms with Gasteiger partial charge in [-0.15, -0.1) is 0 Å². The number of aromatic nitrogens is 2. The van der Waals surface area contributed by atoms with Crippen molar-refractivity contribution in [2.45, 2.75) is 24.9 Å². The minimum Gasteiger partial charge on any atom is -0.497 e. The zero-order valence-corrected chi connectivity index (χ0v) is 20.4. The molecule has 1 N–H and O–H groups in total. The molecule has 3 aromatic carbocycles. The monoisotopic (exact) mass is 467 g/mol. The van der Waals surface area contributed by atoms with Crippen LogP contribution in [0.1, 0.15) is 45.8 Å². The Morgan fingerprint density at radius 2 is 1.71 bits per heavy atom. The van der Waals surface area contributed by atoms with Gasteiger partial charge >= 0.3 is 0 Å². The Bertz CT molecular complexity index is 1390. The number of carbonyl (C=O) groups excluding carboxylic acids is 1. The highest BCUT2D eigenvalue weighted by molar-refractivity contribution is 5.97.